The molecule has 0 aromatic rings. The molecule has 1 atom stereocenters. The van der Waals surface area contributed by atoms with E-state index in [9.17, 15) is 9.59 Å². The van der Waals surface area contributed by atoms with Gasteiger partial charge in [-0.3, -0.25) is 9.59 Å². The van der Waals surface area contributed by atoms with Gasteiger partial charge < -0.3 is 15.0 Å². The average Bonchev–Trinajstić information content (AvgIpc) is 2.77. The summed E-state index contributed by atoms with van der Waals surface area (Å²) in [7, 11) is 1.56. The van der Waals surface area contributed by atoms with Crippen molar-refractivity contribution in [2.45, 2.75) is 12.5 Å². The lowest BCUT2D eigenvalue weighted by Crippen LogP contribution is -2.46. The second kappa shape index (κ2) is 5.32. The maximum Gasteiger partial charge on any atom is 0.311 e. The van der Waals surface area contributed by atoms with Gasteiger partial charge in [-0.2, -0.15) is 5.26 Å². The van der Waals surface area contributed by atoms with Crippen molar-refractivity contribution in [2.24, 2.45) is 0 Å². The molecule has 1 aliphatic heterocycles. The molecule has 1 rings (SSSR count). The molecule has 6 nitrogen and oxygen atoms in total. The van der Waals surface area contributed by atoms with Gasteiger partial charge in [0.15, 0.2) is 0 Å². The van der Waals surface area contributed by atoms with E-state index in [1.807, 2.05) is 0 Å². The fraction of sp³-hybridized carbons (Fsp3) is 0.667. The number of rotatable bonds is 2. The molecule has 0 bridgehead atoms. The molecule has 6 heteroatoms. The number of ether oxygens (including phenoxy) is 1. The monoisotopic (exact) mass is 211 g/mol. The molecule has 1 aliphatic rings. The van der Waals surface area contributed by atoms with Crippen LogP contribution in [0, 0.1) is 11.3 Å². The fourth-order valence-corrected chi connectivity index (χ4v) is 1.35. The molecule has 1 N–H and O–H groups in total. The van der Waals surface area contributed by atoms with Crippen LogP contribution in [0.5, 0.6) is 0 Å². The van der Waals surface area contributed by atoms with Gasteiger partial charge in [-0.25, -0.2) is 0 Å². The van der Waals surface area contributed by atoms with E-state index in [1.54, 1.807) is 13.1 Å². The molecule has 0 aromatic heterocycles. The van der Waals surface area contributed by atoms with Crippen molar-refractivity contribution in [1.29, 1.82) is 5.26 Å². The average molecular weight is 211 g/mol. The minimum Gasteiger partial charge on any atom is -0.379 e. The number of carbonyl (C=O) groups excluding carboxylic acids is 2. The number of carbonyl (C=O) groups is 2. The van der Waals surface area contributed by atoms with Crippen LogP contribution < -0.4 is 5.32 Å². The molecule has 2 amide bonds. The number of likely N-dealkylation sites (N-methyl/N-ethyl adjacent to an activating group) is 1. The van der Waals surface area contributed by atoms with Crippen molar-refractivity contribution < 1.29 is 14.3 Å². The molecule has 15 heavy (non-hydrogen) atoms. The number of nitrogens with zero attached hydrogens (tertiary/aromatic N) is 2. The van der Waals surface area contributed by atoms with Crippen LogP contribution in [-0.4, -0.2) is 49.6 Å². The molecule has 0 saturated carbocycles. The highest BCUT2D eigenvalue weighted by Gasteiger charge is 2.27. The number of hydrogen-bond acceptors (Lipinski definition) is 4. The van der Waals surface area contributed by atoms with E-state index in [1.165, 1.54) is 4.90 Å². The van der Waals surface area contributed by atoms with Crippen LogP contribution in [0.2, 0.25) is 0 Å². The van der Waals surface area contributed by atoms with Crippen LogP contribution in [0.4, 0.5) is 0 Å². The molecule has 1 heterocycles. The number of hydrogen-bond donors (Lipinski definition) is 1. The lowest BCUT2D eigenvalue weighted by Gasteiger charge is -2.21. The molecule has 0 radical (unpaired) electrons. The Balaban J connectivity index is 2.44. The quantitative estimate of drug-likeness (QED) is 0.463. The largest absolute Gasteiger partial charge is 0.379 e. The molecular weight excluding hydrogens is 198 g/mol. The van der Waals surface area contributed by atoms with Crippen molar-refractivity contribution in [3.05, 3.63) is 0 Å². The van der Waals surface area contributed by atoms with Crippen molar-refractivity contribution in [1.82, 2.24) is 10.2 Å². The lowest BCUT2D eigenvalue weighted by atomic mass is 10.2. The zero-order valence-electron chi connectivity index (χ0n) is 8.52. The number of nitriles is 1. The molecule has 1 unspecified atom stereocenters. The maximum atomic E-state index is 11.5. The second-order valence-corrected chi connectivity index (χ2v) is 3.27. The third kappa shape index (κ3) is 2.92. The molecule has 82 valence electrons. The first-order valence-corrected chi connectivity index (χ1v) is 4.66. The van der Waals surface area contributed by atoms with E-state index in [4.69, 9.17) is 10.00 Å². The Morgan fingerprint density at radius 3 is 2.93 bits per heavy atom. The van der Waals surface area contributed by atoms with E-state index in [0.29, 0.717) is 13.2 Å². The van der Waals surface area contributed by atoms with Gasteiger partial charge >= 0.3 is 11.8 Å². The van der Waals surface area contributed by atoms with Crippen molar-refractivity contribution in [3.8, 4) is 6.07 Å². The standard InChI is InChI=1S/C9H13N3O3/c1-12(7-2-5-15-6-7)9(14)8(13)11-4-3-10/h7H,2,4-6H2,1H3,(H,11,13). The third-order valence-electron chi connectivity index (χ3n) is 2.30. The van der Waals surface area contributed by atoms with Gasteiger partial charge in [0.1, 0.15) is 6.54 Å². The Morgan fingerprint density at radius 1 is 1.67 bits per heavy atom. The molecule has 0 spiro atoms. The van der Waals surface area contributed by atoms with Crippen molar-refractivity contribution >= 4 is 11.8 Å². The van der Waals surface area contributed by atoms with Crippen molar-refractivity contribution in [3.63, 3.8) is 0 Å². The normalized spacial score (nSPS) is 19.3. The summed E-state index contributed by atoms with van der Waals surface area (Å²) in [5.74, 6) is -1.37. The van der Waals surface area contributed by atoms with Gasteiger partial charge in [0.25, 0.3) is 0 Å². The first kappa shape index (κ1) is 11.5. The van der Waals surface area contributed by atoms with Crippen LogP contribution in [0.25, 0.3) is 0 Å². The summed E-state index contributed by atoms with van der Waals surface area (Å²) in [6.45, 7) is 0.926. The summed E-state index contributed by atoms with van der Waals surface area (Å²) < 4.78 is 5.11. The first-order chi connectivity index (χ1) is 7.16. The summed E-state index contributed by atoms with van der Waals surface area (Å²) in [5, 5.41) is 10.4. The first-order valence-electron chi connectivity index (χ1n) is 4.66. The minimum absolute atomic E-state index is 0.0367. The summed E-state index contributed by atoms with van der Waals surface area (Å²) in [5.41, 5.74) is 0. The van der Waals surface area contributed by atoms with E-state index < -0.39 is 11.8 Å². The molecular formula is C9H13N3O3. The highest BCUT2D eigenvalue weighted by Crippen LogP contribution is 2.10. The fourth-order valence-electron chi connectivity index (χ4n) is 1.35. The smallest absolute Gasteiger partial charge is 0.311 e. The van der Waals surface area contributed by atoms with Crippen LogP contribution in [-0.2, 0) is 14.3 Å². The van der Waals surface area contributed by atoms with Gasteiger partial charge in [-0.05, 0) is 6.42 Å². The van der Waals surface area contributed by atoms with Gasteiger partial charge in [0.05, 0.1) is 18.7 Å². The zero-order valence-corrected chi connectivity index (χ0v) is 8.52. The molecule has 1 saturated heterocycles. The Bertz CT molecular complexity index is 291. The maximum absolute atomic E-state index is 11.5. The zero-order chi connectivity index (χ0) is 11.3. The van der Waals surface area contributed by atoms with Crippen molar-refractivity contribution in [2.75, 3.05) is 26.8 Å². The highest BCUT2D eigenvalue weighted by atomic mass is 16.5. The summed E-state index contributed by atoms with van der Waals surface area (Å²) in [6, 6.07) is 1.70. The topological polar surface area (TPSA) is 82.4 Å². The second-order valence-electron chi connectivity index (χ2n) is 3.27. The third-order valence-corrected chi connectivity index (χ3v) is 2.30. The van der Waals surface area contributed by atoms with Gasteiger partial charge in [0, 0.05) is 13.7 Å². The minimum atomic E-state index is -0.744. The molecule has 0 aliphatic carbocycles. The predicted octanol–water partition coefficient (Wildman–Crippen LogP) is -1.13. The van der Waals surface area contributed by atoms with Crippen LogP contribution in [0.15, 0.2) is 0 Å². The number of nitrogens with one attached hydrogen (secondary N) is 1. The van der Waals surface area contributed by atoms with Crippen LogP contribution in [0.3, 0.4) is 0 Å². The van der Waals surface area contributed by atoms with E-state index in [0.717, 1.165) is 6.42 Å². The van der Waals surface area contributed by atoms with Gasteiger partial charge in [-0.1, -0.05) is 0 Å². The Hall–Kier alpha value is -1.61. The predicted molar refractivity (Wildman–Crippen MR) is 50.6 cm³/mol. The summed E-state index contributed by atoms with van der Waals surface area (Å²) in [6.07, 6.45) is 0.744. The Morgan fingerprint density at radius 2 is 2.40 bits per heavy atom. The molecule has 1 fully saturated rings. The van der Waals surface area contributed by atoms with Crippen LogP contribution >= 0.6 is 0 Å². The number of amides is 2. The van der Waals surface area contributed by atoms with Gasteiger partial charge in [0.2, 0.25) is 0 Å². The van der Waals surface area contributed by atoms with Gasteiger partial charge in [-0.15, -0.1) is 0 Å². The molecule has 0 aromatic carbocycles. The van der Waals surface area contributed by atoms with E-state index in [-0.39, 0.29) is 12.6 Å². The van der Waals surface area contributed by atoms with E-state index in [2.05, 4.69) is 5.32 Å². The lowest BCUT2D eigenvalue weighted by molar-refractivity contribution is -0.146. The SMILES string of the molecule is CN(C(=O)C(=O)NCC#N)C1CCOC1. The Labute approximate surface area is 87.8 Å². The summed E-state index contributed by atoms with van der Waals surface area (Å²) >= 11 is 0. The highest BCUT2D eigenvalue weighted by molar-refractivity contribution is 6.35. The Kier molecular flexibility index (Phi) is 4.06. The van der Waals surface area contributed by atoms with E-state index >= 15 is 0 Å². The van der Waals surface area contributed by atoms with Crippen LogP contribution in [0.1, 0.15) is 6.42 Å². The summed E-state index contributed by atoms with van der Waals surface area (Å²) in [4.78, 5) is 24.1.